The SMILES string of the molecule is C=C(C)COCC(C)(O)OC(=O)C(C)OCC(C)O.C=C(C)COCC1CO1.CC(CO)OC(=O)C(C)O.O.O.O.O. The molecule has 1 saturated heterocycles. The largest absolute Gasteiger partial charge is 0.458 e. The van der Waals surface area contributed by atoms with Crippen LogP contribution in [0.5, 0.6) is 0 Å². The molecule has 0 aromatic carbocycles. The van der Waals surface area contributed by atoms with Crippen LogP contribution in [0.2, 0.25) is 0 Å². The van der Waals surface area contributed by atoms with Crippen molar-refractivity contribution < 1.29 is 80.3 Å². The van der Waals surface area contributed by atoms with E-state index in [0.29, 0.717) is 12.7 Å². The molecule has 1 fully saturated rings. The average molecular weight is 625 g/mol. The van der Waals surface area contributed by atoms with Crippen molar-refractivity contribution in [2.45, 2.75) is 84.8 Å². The molecule has 1 aliphatic heterocycles. The predicted octanol–water partition coefficient (Wildman–Crippen LogP) is -2.41. The first-order chi connectivity index (χ1) is 17.5. The lowest BCUT2D eigenvalue weighted by Crippen LogP contribution is -2.40. The molecule has 0 bridgehead atoms. The Hall–Kier alpha value is -2.06. The first kappa shape index (κ1) is 52.6. The Morgan fingerprint density at radius 1 is 0.952 bits per heavy atom. The minimum Gasteiger partial charge on any atom is -0.458 e. The van der Waals surface area contributed by atoms with E-state index in [1.54, 1.807) is 20.8 Å². The third kappa shape index (κ3) is 36.0. The highest BCUT2D eigenvalue weighted by atomic mass is 16.7. The number of esters is 2. The molecule has 0 radical (unpaired) electrons. The van der Waals surface area contributed by atoms with Gasteiger partial charge in [0.2, 0.25) is 5.79 Å². The Balaban J connectivity index is -0.000000120. The lowest BCUT2D eigenvalue weighted by atomic mass is 10.3. The first-order valence-corrected chi connectivity index (χ1v) is 12.3. The molecule has 1 heterocycles. The molecule has 0 saturated carbocycles. The lowest BCUT2D eigenvalue weighted by Gasteiger charge is -2.25. The van der Waals surface area contributed by atoms with Crippen LogP contribution in [0.1, 0.15) is 48.5 Å². The summed E-state index contributed by atoms with van der Waals surface area (Å²) in [7, 11) is 0. The number of carbonyl (C=O) groups is 2. The zero-order valence-corrected chi connectivity index (χ0v) is 25.8. The molecule has 6 unspecified atom stereocenters. The average Bonchev–Trinajstić information content (AvgIpc) is 3.61. The number of carbonyl (C=O) groups excluding carboxylic acids is 2. The molecule has 0 aliphatic carbocycles. The molecule has 12 N–H and O–H groups in total. The molecule has 1 rings (SSSR count). The van der Waals surface area contributed by atoms with E-state index in [9.17, 15) is 14.7 Å². The summed E-state index contributed by atoms with van der Waals surface area (Å²) < 4.78 is 29.7. The Morgan fingerprint density at radius 3 is 1.81 bits per heavy atom. The number of aliphatic hydroxyl groups is 4. The normalized spacial score (nSPS) is 16.8. The molecule has 256 valence electrons. The smallest absolute Gasteiger partial charge is 0.337 e. The van der Waals surface area contributed by atoms with Crippen LogP contribution in [0.15, 0.2) is 24.3 Å². The van der Waals surface area contributed by atoms with E-state index in [4.69, 9.17) is 39.0 Å². The van der Waals surface area contributed by atoms with Crippen molar-refractivity contribution in [3.63, 3.8) is 0 Å². The van der Waals surface area contributed by atoms with Gasteiger partial charge in [-0.1, -0.05) is 24.3 Å². The number of hydrogen-bond donors (Lipinski definition) is 4. The Bertz CT molecular complexity index is 692. The Morgan fingerprint density at radius 2 is 1.43 bits per heavy atom. The van der Waals surface area contributed by atoms with E-state index in [2.05, 4.69) is 17.9 Å². The van der Waals surface area contributed by atoms with Gasteiger partial charge in [-0.05, 0) is 41.5 Å². The second-order valence-electron chi connectivity index (χ2n) is 9.40. The maximum absolute atomic E-state index is 11.6. The molecular weight excluding hydrogens is 568 g/mol. The maximum atomic E-state index is 11.6. The van der Waals surface area contributed by atoms with Crippen molar-refractivity contribution in [2.24, 2.45) is 0 Å². The maximum Gasteiger partial charge on any atom is 0.337 e. The molecule has 16 nitrogen and oxygen atoms in total. The van der Waals surface area contributed by atoms with Crippen LogP contribution in [0, 0.1) is 0 Å². The van der Waals surface area contributed by atoms with E-state index in [-0.39, 0.29) is 48.3 Å². The molecule has 42 heavy (non-hydrogen) atoms. The summed E-state index contributed by atoms with van der Waals surface area (Å²) in [5, 5.41) is 35.9. The zero-order chi connectivity index (χ0) is 29.9. The number of epoxide rings is 1. The molecule has 1 aliphatic rings. The predicted molar refractivity (Wildman–Crippen MR) is 154 cm³/mol. The van der Waals surface area contributed by atoms with Crippen LogP contribution >= 0.6 is 0 Å². The summed E-state index contributed by atoms with van der Waals surface area (Å²) in [6, 6.07) is 0. The van der Waals surface area contributed by atoms with Crippen molar-refractivity contribution in [2.75, 3.05) is 46.2 Å². The summed E-state index contributed by atoms with van der Waals surface area (Å²) >= 11 is 0. The van der Waals surface area contributed by atoms with Crippen LogP contribution in [0.25, 0.3) is 0 Å². The quantitative estimate of drug-likeness (QED) is 0.0604. The van der Waals surface area contributed by atoms with Gasteiger partial charge < -0.3 is 70.8 Å². The van der Waals surface area contributed by atoms with Crippen LogP contribution in [-0.2, 0) is 38.0 Å². The van der Waals surface area contributed by atoms with Gasteiger partial charge in [-0.15, -0.1) is 0 Å². The highest BCUT2D eigenvalue weighted by Crippen LogP contribution is 2.10. The molecule has 0 aromatic rings. The van der Waals surface area contributed by atoms with E-state index in [0.717, 1.165) is 24.4 Å². The molecule has 0 aromatic heterocycles. The van der Waals surface area contributed by atoms with Crippen molar-refractivity contribution in [3.8, 4) is 0 Å². The van der Waals surface area contributed by atoms with E-state index in [1.165, 1.54) is 20.8 Å². The second-order valence-corrected chi connectivity index (χ2v) is 9.40. The van der Waals surface area contributed by atoms with Crippen LogP contribution in [0.4, 0.5) is 0 Å². The summed E-state index contributed by atoms with van der Waals surface area (Å²) in [6.45, 7) is 20.5. The molecule has 6 atom stereocenters. The fourth-order valence-corrected chi connectivity index (χ4v) is 1.96. The van der Waals surface area contributed by atoms with Gasteiger partial charge in [0.25, 0.3) is 0 Å². The topological polar surface area (TPSA) is 300 Å². The number of rotatable bonds is 16. The van der Waals surface area contributed by atoms with Gasteiger partial charge in [0.05, 0.1) is 45.7 Å². The van der Waals surface area contributed by atoms with Gasteiger partial charge in [-0.25, -0.2) is 9.59 Å². The zero-order valence-electron chi connectivity index (χ0n) is 25.8. The highest BCUT2D eigenvalue weighted by molar-refractivity contribution is 5.74. The molecular formula is C26H56O16. The van der Waals surface area contributed by atoms with Crippen molar-refractivity contribution in [3.05, 3.63) is 24.3 Å². The molecule has 0 amide bonds. The van der Waals surface area contributed by atoms with Crippen molar-refractivity contribution >= 4 is 11.9 Å². The highest BCUT2D eigenvalue weighted by Gasteiger charge is 2.29. The van der Waals surface area contributed by atoms with Gasteiger partial charge >= 0.3 is 11.9 Å². The summed E-state index contributed by atoms with van der Waals surface area (Å²) in [6.07, 6.45) is -2.82. The fraction of sp³-hybridized carbons (Fsp3) is 0.769. The standard InChI is InChI=1S/C13H24O6.C7H12O2.C6H12O4.4H2O/c1-9(2)6-17-8-13(5,16)19-12(15)11(4)18-7-10(3)14;1-6(2)3-8-4-7-5-9-7;1-4(3-7)10-6(9)5(2)8;;;;/h10-11,14,16H,1,6-8H2,2-5H3;7H,1,3-5H2,2H3;4-5,7-8H,3H2,1-2H3;4*1H2. The Kier molecular flexibility index (Phi) is 36.3. The van der Waals surface area contributed by atoms with Crippen LogP contribution in [0.3, 0.4) is 0 Å². The minimum absolute atomic E-state index is 0. The summed E-state index contributed by atoms with van der Waals surface area (Å²) in [5.74, 6) is -3.15. The van der Waals surface area contributed by atoms with Gasteiger partial charge in [0.1, 0.15) is 24.9 Å². The third-order valence-corrected chi connectivity index (χ3v) is 3.93. The van der Waals surface area contributed by atoms with Gasteiger partial charge in [0.15, 0.2) is 6.10 Å². The lowest BCUT2D eigenvalue weighted by molar-refractivity contribution is -0.227. The van der Waals surface area contributed by atoms with Gasteiger partial charge in [-0.2, -0.15) is 0 Å². The van der Waals surface area contributed by atoms with Crippen LogP contribution in [-0.4, -0.2) is 137 Å². The van der Waals surface area contributed by atoms with E-state index >= 15 is 0 Å². The summed E-state index contributed by atoms with van der Waals surface area (Å²) in [4.78, 5) is 22.1. The van der Waals surface area contributed by atoms with E-state index in [1.807, 2.05) is 6.92 Å². The fourth-order valence-electron chi connectivity index (χ4n) is 1.96. The van der Waals surface area contributed by atoms with Gasteiger partial charge in [-0.3, -0.25) is 0 Å². The Labute approximate surface area is 248 Å². The second kappa shape index (κ2) is 29.0. The van der Waals surface area contributed by atoms with Gasteiger partial charge in [0, 0.05) is 6.92 Å². The van der Waals surface area contributed by atoms with Crippen molar-refractivity contribution in [1.29, 1.82) is 0 Å². The number of hydrogen-bond acceptors (Lipinski definition) is 12. The molecule has 0 spiro atoms. The summed E-state index contributed by atoms with van der Waals surface area (Å²) in [5.41, 5.74) is 1.87. The minimum atomic E-state index is -1.73. The van der Waals surface area contributed by atoms with Crippen LogP contribution < -0.4 is 0 Å². The van der Waals surface area contributed by atoms with Crippen molar-refractivity contribution in [1.82, 2.24) is 0 Å². The monoisotopic (exact) mass is 624 g/mol. The number of aliphatic hydroxyl groups excluding tert-OH is 3. The number of ether oxygens (including phenoxy) is 6. The third-order valence-electron chi connectivity index (χ3n) is 3.93. The first-order valence-electron chi connectivity index (χ1n) is 12.3. The van der Waals surface area contributed by atoms with E-state index < -0.39 is 42.1 Å². The molecule has 16 heteroatoms.